The molecule has 4 nitrogen and oxygen atoms in total. The van der Waals surface area contributed by atoms with Gasteiger partial charge in [-0.05, 0) is 43.2 Å². The third kappa shape index (κ3) is 2.76. The zero-order valence-electron chi connectivity index (χ0n) is 14.7. The molecular weight excluding hydrogens is 332 g/mol. The van der Waals surface area contributed by atoms with Crippen LogP contribution in [0.2, 0.25) is 5.02 Å². The van der Waals surface area contributed by atoms with Crippen LogP contribution >= 0.6 is 11.6 Å². The maximum atomic E-state index is 6.33. The molecule has 1 aliphatic heterocycles. The minimum atomic E-state index is 0.760. The fourth-order valence-electron chi connectivity index (χ4n) is 3.24. The monoisotopic (exact) mass is 352 g/mol. The van der Waals surface area contributed by atoms with Crippen molar-refractivity contribution in [3.05, 3.63) is 58.6 Å². The molecule has 2 heterocycles. The van der Waals surface area contributed by atoms with Crippen molar-refractivity contribution in [3.63, 3.8) is 0 Å². The zero-order chi connectivity index (χ0) is 17.6. The van der Waals surface area contributed by atoms with Gasteiger partial charge in [-0.1, -0.05) is 29.8 Å². The summed E-state index contributed by atoms with van der Waals surface area (Å²) in [5.74, 6) is 1.07. The molecule has 0 amide bonds. The second-order valence-corrected chi connectivity index (χ2v) is 7.05. The van der Waals surface area contributed by atoms with Gasteiger partial charge in [0.05, 0.1) is 11.4 Å². The van der Waals surface area contributed by atoms with E-state index in [1.165, 1.54) is 11.3 Å². The maximum absolute atomic E-state index is 6.33. The Morgan fingerprint density at radius 1 is 1.16 bits per heavy atom. The van der Waals surface area contributed by atoms with E-state index in [1.54, 1.807) is 0 Å². The Labute approximate surface area is 153 Å². The number of aromatic nitrogens is 2. The summed E-state index contributed by atoms with van der Waals surface area (Å²) in [6.07, 6.45) is 0.983. The Hall–Kier alpha value is -2.46. The van der Waals surface area contributed by atoms with Gasteiger partial charge < -0.3 is 10.2 Å². The van der Waals surface area contributed by atoms with Crippen molar-refractivity contribution in [2.75, 3.05) is 30.9 Å². The van der Waals surface area contributed by atoms with E-state index < -0.39 is 0 Å². The second kappa shape index (κ2) is 6.12. The Morgan fingerprint density at radius 2 is 2.00 bits per heavy atom. The fourth-order valence-corrected chi connectivity index (χ4v) is 3.41. The Balaban J connectivity index is 1.86. The first-order valence-electron chi connectivity index (χ1n) is 8.44. The summed E-state index contributed by atoms with van der Waals surface area (Å²) in [7, 11) is 4.11. The van der Waals surface area contributed by atoms with Crippen molar-refractivity contribution < 1.29 is 0 Å². The molecule has 1 N–H and O–H groups in total. The molecule has 128 valence electrons. The number of fused-ring (bicyclic) bond motifs is 1. The quantitative estimate of drug-likeness (QED) is 0.751. The van der Waals surface area contributed by atoms with E-state index in [-0.39, 0.29) is 0 Å². The van der Waals surface area contributed by atoms with Gasteiger partial charge in [0.15, 0.2) is 0 Å². The second-order valence-electron chi connectivity index (χ2n) is 6.64. The van der Waals surface area contributed by atoms with Gasteiger partial charge in [-0.3, -0.25) is 0 Å². The summed E-state index contributed by atoms with van der Waals surface area (Å²) < 4.78 is 1.98. The third-order valence-corrected chi connectivity index (χ3v) is 5.09. The summed E-state index contributed by atoms with van der Waals surface area (Å²) >= 11 is 6.33. The van der Waals surface area contributed by atoms with Gasteiger partial charge in [0.1, 0.15) is 5.82 Å². The molecule has 0 saturated heterocycles. The predicted molar refractivity (Wildman–Crippen MR) is 105 cm³/mol. The summed E-state index contributed by atoms with van der Waals surface area (Å²) in [6, 6.07) is 14.6. The molecule has 1 aliphatic rings. The zero-order valence-corrected chi connectivity index (χ0v) is 15.4. The number of rotatable bonds is 3. The number of hydrogen-bond acceptors (Lipinski definition) is 3. The fraction of sp³-hybridized carbons (Fsp3) is 0.250. The molecule has 0 saturated carbocycles. The molecule has 0 aliphatic carbocycles. The van der Waals surface area contributed by atoms with E-state index in [2.05, 4.69) is 54.6 Å². The largest absolute Gasteiger partial charge is 0.378 e. The van der Waals surface area contributed by atoms with Crippen molar-refractivity contribution in [2.24, 2.45) is 0 Å². The molecule has 25 heavy (non-hydrogen) atoms. The van der Waals surface area contributed by atoms with Crippen LogP contribution in [-0.2, 0) is 6.42 Å². The number of nitrogens with zero attached hydrogens (tertiary/aromatic N) is 3. The highest BCUT2D eigenvalue weighted by Crippen LogP contribution is 2.36. The van der Waals surface area contributed by atoms with Crippen molar-refractivity contribution in [2.45, 2.75) is 13.3 Å². The van der Waals surface area contributed by atoms with Crippen LogP contribution in [0.1, 0.15) is 11.1 Å². The minimum Gasteiger partial charge on any atom is -0.378 e. The van der Waals surface area contributed by atoms with E-state index >= 15 is 0 Å². The Kier molecular flexibility index (Phi) is 3.92. The highest BCUT2D eigenvalue weighted by Gasteiger charge is 2.24. The number of hydrogen-bond donors (Lipinski definition) is 1. The lowest BCUT2D eigenvalue weighted by molar-refractivity contribution is 0.882. The number of aryl methyl sites for hydroxylation is 1. The smallest absolute Gasteiger partial charge is 0.133 e. The first kappa shape index (κ1) is 16.0. The first-order valence-corrected chi connectivity index (χ1v) is 8.82. The van der Waals surface area contributed by atoms with Gasteiger partial charge in [0.25, 0.3) is 0 Å². The average Bonchev–Trinajstić information content (AvgIpc) is 3.20. The van der Waals surface area contributed by atoms with Crippen molar-refractivity contribution in [3.8, 4) is 16.9 Å². The van der Waals surface area contributed by atoms with Gasteiger partial charge in [-0.25, -0.2) is 4.68 Å². The lowest BCUT2D eigenvalue weighted by Gasteiger charge is -2.13. The van der Waals surface area contributed by atoms with Crippen LogP contribution in [0.3, 0.4) is 0 Å². The summed E-state index contributed by atoms with van der Waals surface area (Å²) in [5, 5.41) is 9.16. The van der Waals surface area contributed by atoms with Crippen LogP contribution in [0.15, 0.2) is 42.5 Å². The molecule has 0 spiro atoms. The standard InChI is InChI=1S/C20H21ClN4/c1-13-7-8-16(12-18(13)21)25-20-17(9-10-22-20)19(23-25)14-5-4-6-15(11-14)24(2)3/h4-8,11-12,22H,9-10H2,1-3H3. The molecular formula is C20H21ClN4. The lowest BCUT2D eigenvalue weighted by Crippen LogP contribution is -2.08. The van der Waals surface area contributed by atoms with Crippen LogP contribution in [0, 0.1) is 6.92 Å². The van der Waals surface area contributed by atoms with Gasteiger partial charge in [0.2, 0.25) is 0 Å². The predicted octanol–water partition coefficient (Wildman–Crippen LogP) is 4.54. The van der Waals surface area contributed by atoms with Crippen LogP contribution in [0.4, 0.5) is 11.5 Å². The molecule has 3 aromatic rings. The summed E-state index contributed by atoms with van der Waals surface area (Å²) in [6.45, 7) is 2.95. The summed E-state index contributed by atoms with van der Waals surface area (Å²) in [4.78, 5) is 2.11. The lowest BCUT2D eigenvalue weighted by atomic mass is 10.1. The number of benzene rings is 2. The summed E-state index contributed by atoms with van der Waals surface area (Å²) in [5.41, 5.74) is 6.68. The van der Waals surface area contributed by atoms with E-state index in [1.807, 2.05) is 23.7 Å². The molecule has 4 rings (SSSR count). The number of nitrogens with one attached hydrogen (secondary N) is 1. The maximum Gasteiger partial charge on any atom is 0.133 e. The van der Waals surface area contributed by atoms with Crippen molar-refractivity contribution in [1.29, 1.82) is 0 Å². The van der Waals surface area contributed by atoms with Gasteiger partial charge in [-0.2, -0.15) is 5.10 Å². The molecule has 0 unspecified atom stereocenters. The topological polar surface area (TPSA) is 33.1 Å². The van der Waals surface area contributed by atoms with Gasteiger partial charge >= 0.3 is 0 Å². The number of anilines is 2. The normalized spacial score (nSPS) is 12.8. The minimum absolute atomic E-state index is 0.760. The van der Waals surface area contributed by atoms with Crippen LogP contribution in [-0.4, -0.2) is 30.4 Å². The Morgan fingerprint density at radius 3 is 2.76 bits per heavy atom. The highest BCUT2D eigenvalue weighted by atomic mass is 35.5. The molecule has 5 heteroatoms. The molecule has 0 fully saturated rings. The molecule has 0 radical (unpaired) electrons. The van der Waals surface area contributed by atoms with Crippen molar-refractivity contribution >= 4 is 23.1 Å². The molecule has 2 aromatic carbocycles. The van der Waals surface area contributed by atoms with Crippen molar-refractivity contribution in [1.82, 2.24) is 9.78 Å². The molecule has 0 atom stereocenters. The Bertz CT molecular complexity index is 943. The first-order chi connectivity index (χ1) is 12.0. The molecule has 1 aromatic heterocycles. The van der Waals surface area contributed by atoms with E-state index in [0.717, 1.165) is 46.3 Å². The van der Waals surface area contributed by atoms with Crippen LogP contribution < -0.4 is 10.2 Å². The highest BCUT2D eigenvalue weighted by molar-refractivity contribution is 6.31. The van der Waals surface area contributed by atoms with Gasteiger partial charge in [0, 0.05) is 42.5 Å². The van der Waals surface area contributed by atoms with Crippen LogP contribution in [0.5, 0.6) is 0 Å². The van der Waals surface area contributed by atoms with E-state index in [9.17, 15) is 0 Å². The average molecular weight is 353 g/mol. The number of halogens is 1. The van der Waals surface area contributed by atoms with E-state index in [4.69, 9.17) is 16.7 Å². The van der Waals surface area contributed by atoms with E-state index in [0.29, 0.717) is 0 Å². The van der Waals surface area contributed by atoms with Crippen LogP contribution in [0.25, 0.3) is 16.9 Å². The molecule has 0 bridgehead atoms. The third-order valence-electron chi connectivity index (χ3n) is 4.69. The SMILES string of the molecule is Cc1ccc(-n2nc(-c3cccc(N(C)C)c3)c3c2NCC3)cc1Cl. The van der Waals surface area contributed by atoms with Gasteiger partial charge in [-0.15, -0.1) is 0 Å².